The van der Waals surface area contributed by atoms with E-state index in [-0.39, 0.29) is 6.04 Å². The Hall–Kier alpha value is -1.15. The minimum Gasteiger partial charge on any atom is -0.305 e. The van der Waals surface area contributed by atoms with Crippen LogP contribution in [0.4, 0.5) is 0 Å². The van der Waals surface area contributed by atoms with Gasteiger partial charge in [0.1, 0.15) is 6.29 Å². The molecule has 1 aromatic rings. The lowest BCUT2D eigenvalue weighted by molar-refractivity contribution is -0.108. The van der Waals surface area contributed by atoms with E-state index in [1.807, 2.05) is 12.1 Å². The maximum absolute atomic E-state index is 10.3. The first-order chi connectivity index (χ1) is 5.92. The van der Waals surface area contributed by atoms with E-state index < -0.39 is 0 Å². The van der Waals surface area contributed by atoms with Gasteiger partial charge in [0.05, 0.1) is 0 Å². The molecule has 1 aromatic carbocycles. The number of nitrogens with one attached hydrogen (secondary N) is 1. The minimum absolute atomic E-state index is 0.249. The molecule has 2 heteroatoms. The highest BCUT2D eigenvalue weighted by Crippen LogP contribution is 2.26. The van der Waals surface area contributed by atoms with Crippen LogP contribution in [0.15, 0.2) is 24.3 Å². The van der Waals surface area contributed by atoms with Crippen molar-refractivity contribution in [1.29, 1.82) is 0 Å². The van der Waals surface area contributed by atoms with Crippen molar-refractivity contribution in [2.24, 2.45) is 0 Å². The lowest BCUT2D eigenvalue weighted by Crippen LogP contribution is -2.11. The molecule has 0 saturated heterocycles. The third-order valence-electron chi connectivity index (χ3n) is 2.30. The molecule has 1 aliphatic heterocycles. The highest BCUT2D eigenvalue weighted by Gasteiger charge is 2.19. The average Bonchev–Trinajstić information content (AvgIpc) is 2.50. The Morgan fingerprint density at radius 2 is 2.33 bits per heavy atom. The fourth-order valence-electron chi connectivity index (χ4n) is 1.68. The molecule has 12 heavy (non-hydrogen) atoms. The zero-order valence-corrected chi connectivity index (χ0v) is 6.79. The van der Waals surface area contributed by atoms with Gasteiger partial charge in [-0.2, -0.15) is 0 Å². The zero-order valence-electron chi connectivity index (χ0n) is 6.79. The van der Waals surface area contributed by atoms with Crippen molar-refractivity contribution in [2.45, 2.75) is 19.0 Å². The minimum atomic E-state index is 0.249. The van der Waals surface area contributed by atoms with E-state index in [0.717, 1.165) is 12.8 Å². The van der Waals surface area contributed by atoms with Crippen LogP contribution in [0.25, 0.3) is 0 Å². The van der Waals surface area contributed by atoms with Gasteiger partial charge in [0.15, 0.2) is 0 Å². The molecular weight excluding hydrogens is 150 g/mol. The highest BCUT2D eigenvalue weighted by atomic mass is 16.1. The first-order valence-electron chi connectivity index (χ1n) is 4.16. The molecule has 62 valence electrons. The summed E-state index contributed by atoms with van der Waals surface area (Å²) in [7, 11) is 0. The number of rotatable bonds is 2. The summed E-state index contributed by atoms with van der Waals surface area (Å²) in [5.41, 5.74) is 2.61. The fourth-order valence-corrected chi connectivity index (χ4v) is 1.68. The number of carbonyl (C=O) groups excluding carboxylic acids is 1. The van der Waals surface area contributed by atoms with Gasteiger partial charge in [-0.15, -0.1) is 0 Å². The Labute approximate surface area is 71.6 Å². The van der Waals surface area contributed by atoms with E-state index >= 15 is 0 Å². The van der Waals surface area contributed by atoms with Crippen LogP contribution in [0.5, 0.6) is 0 Å². The third-order valence-corrected chi connectivity index (χ3v) is 2.30. The quantitative estimate of drug-likeness (QED) is 0.664. The van der Waals surface area contributed by atoms with E-state index in [1.165, 1.54) is 11.1 Å². The van der Waals surface area contributed by atoms with Gasteiger partial charge in [-0.1, -0.05) is 24.3 Å². The molecular formula is C10H11NO. The van der Waals surface area contributed by atoms with Gasteiger partial charge in [0.25, 0.3) is 0 Å². The van der Waals surface area contributed by atoms with E-state index in [4.69, 9.17) is 0 Å². The van der Waals surface area contributed by atoms with Gasteiger partial charge in [-0.25, -0.2) is 0 Å². The van der Waals surface area contributed by atoms with Crippen molar-refractivity contribution in [2.75, 3.05) is 0 Å². The summed E-state index contributed by atoms with van der Waals surface area (Å²) in [5.74, 6) is 0. The number of hydrogen-bond donors (Lipinski definition) is 1. The number of carbonyl (C=O) groups is 1. The van der Waals surface area contributed by atoms with Crippen molar-refractivity contribution >= 4 is 6.29 Å². The summed E-state index contributed by atoms with van der Waals surface area (Å²) in [4.78, 5) is 10.3. The maximum atomic E-state index is 10.3. The smallest absolute Gasteiger partial charge is 0.121 e. The molecule has 0 aromatic heterocycles. The lowest BCUT2D eigenvalue weighted by Gasteiger charge is -2.06. The van der Waals surface area contributed by atoms with E-state index in [1.54, 1.807) is 0 Å². The molecule has 1 unspecified atom stereocenters. The molecule has 1 heterocycles. The van der Waals surface area contributed by atoms with Crippen LogP contribution >= 0.6 is 0 Å². The Morgan fingerprint density at radius 3 is 3.17 bits per heavy atom. The molecule has 1 aliphatic rings. The Kier molecular flexibility index (Phi) is 1.92. The number of benzene rings is 1. The third kappa shape index (κ3) is 1.14. The molecule has 1 atom stereocenters. The molecule has 0 spiro atoms. The summed E-state index contributed by atoms with van der Waals surface area (Å²) >= 11 is 0. The van der Waals surface area contributed by atoms with Crippen molar-refractivity contribution in [3.8, 4) is 0 Å². The van der Waals surface area contributed by atoms with Crippen molar-refractivity contribution in [3.05, 3.63) is 35.4 Å². The summed E-state index contributed by atoms with van der Waals surface area (Å²) in [5, 5.41) is 3.29. The SMILES string of the molecule is O=CCC1NCc2ccccc21. The number of hydrogen-bond acceptors (Lipinski definition) is 2. The summed E-state index contributed by atoms with van der Waals surface area (Å²) in [6, 6.07) is 8.49. The van der Waals surface area contributed by atoms with Crippen LogP contribution in [0.1, 0.15) is 23.6 Å². The van der Waals surface area contributed by atoms with Crippen LogP contribution in [0.3, 0.4) is 0 Å². The van der Waals surface area contributed by atoms with E-state index in [0.29, 0.717) is 6.42 Å². The van der Waals surface area contributed by atoms with Crippen LogP contribution in [0, 0.1) is 0 Å². The molecule has 2 nitrogen and oxygen atoms in total. The maximum Gasteiger partial charge on any atom is 0.121 e. The molecule has 0 bridgehead atoms. The summed E-state index contributed by atoms with van der Waals surface area (Å²) < 4.78 is 0. The fraction of sp³-hybridized carbons (Fsp3) is 0.300. The van der Waals surface area contributed by atoms with Crippen LogP contribution in [0.2, 0.25) is 0 Å². The average molecular weight is 161 g/mol. The van der Waals surface area contributed by atoms with Gasteiger partial charge in [0, 0.05) is 19.0 Å². The molecule has 2 rings (SSSR count). The van der Waals surface area contributed by atoms with Crippen LogP contribution in [-0.4, -0.2) is 6.29 Å². The first-order valence-corrected chi connectivity index (χ1v) is 4.16. The van der Waals surface area contributed by atoms with E-state index in [9.17, 15) is 4.79 Å². The highest BCUT2D eigenvalue weighted by molar-refractivity contribution is 5.52. The zero-order chi connectivity index (χ0) is 8.39. The van der Waals surface area contributed by atoms with Crippen molar-refractivity contribution in [3.63, 3.8) is 0 Å². The van der Waals surface area contributed by atoms with Gasteiger partial charge >= 0.3 is 0 Å². The largest absolute Gasteiger partial charge is 0.305 e. The molecule has 0 radical (unpaired) electrons. The molecule has 0 aliphatic carbocycles. The normalized spacial score (nSPS) is 20.5. The second-order valence-corrected chi connectivity index (χ2v) is 3.03. The Bertz CT molecular complexity index is 296. The Balaban J connectivity index is 2.29. The van der Waals surface area contributed by atoms with Gasteiger partial charge in [-0.05, 0) is 11.1 Å². The number of aldehydes is 1. The van der Waals surface area contributed by atoms with Crippen molar-refractivity contribution in [1.82, 2.24) is 5.32 Å². The monoisotopic (exact) mass is 161 g/mol. The molecule has 1 N–H and O–H groups in total. The topological polar surface area (TPSA) is 29.1 Å². The van der Waals surface area contributed by atoms with Crippen molar-refractivity contribution < 1.29 is 4.79 Å². The van der Waals surface area contributed by atoms with Crippen LogP contribution < -0.4 is 5.32 Å². The Morgan fingerprint density at radius 1 is 1.50 bits per heavy atom. The summed E-state index contributed by atoms with van der Waals surface area (Å²) in [6.07, 6.45) is 1.55. The first kappa shape index (κ1) is 7.50. The second-order valence-electron chi connectivity index (χ2n) is 3.03. The summed E-state index contributed by atoms with van der Waals surface area (Å²) in [6.45, 7) is 0.898. The van der Waals surface area contributed by atoms with Gasteiger partial charge in [-0.3, -0.25) is 0 Å². The standard InChI is InChI=1S/C10H11NO/c12-6-5-10-9-4-2-1-3-8(9)7-11-10/h1-4,6,10-11H,5,7H2. The molecule has 0 fully saturated rings. The lowest BCUT2D eigenvalue weighted by atomic mass is 10.0. The van der Waals surface area contributed by atoms with Gasteiger partial charge < -0.3 is 10.1 Å². The number of fused-ring (bicyclic) bond motifs is 1. The molecule has 0 amide bonds. The second kappa shape index (κ2) is 3.07. The van der Waals surface area contributed by atoms with Crippen LogP contribution in [-0.2, 0) is 11.3 Å². The van der Waals surface area contributed by atoms with E-state index in [2.05, 4.69) is 17.4 Å². The van der Waals surface area contributed by atoms with Gasteiger partial charge in [0.2, 0.25) is 0 Å². The predicted octanol–water partition coefficient (Wildman–Crippen LogP) is 1.42. The predicted molar refractivity (Wildman–Crippen MR) is 46.7 cm³/mol. The molecule has 0 saturated carbocycles.